The molecule has 1 aliphatic carbocycles. The third kappa shape index (κ3) is 3.94. The molecule has 1 aromatic heterocycles. The largest absolute Gasteiger partial charge is 0.371 e. The van der Waals surface area contributed by atoms with Crippen molar-refractivity contribution in [2.45, 2.75) is 62.8 Å². The van der Waals surface area contributed by atoms with Gasteiger partial charge in [-0.05, 0) is 24.5 Å². The highest BCUT2D eigenvalue weighted by Gasteiger charge is 2.49. The van der Waals surface area contributed by atoms with Crippen LogP contribution in [0.4, 0.5) is 0 Å². The summed E-state index contributed by atoms with van der Waals surface area (Å²) in [6.07, 6.45) is 9.45. The van der Waals surface area contributed by atoms with Gasteiger partial charge < -0.3 is 14.8 Å². The van der Waals surface area contributed by atoms with Crippen molar-refractivity contribution in [2.24, 2.45) is 5.92 Å². The van der Waals surface area contributed by atoms with Crippen LogP contribution in [-0.2, 0) is 15.9 Å². The van der Waals surface area contributed by atoms with Gasteiger partial charge in [0.1, 0.15) is 18.2 Å². The first-order valence-corrected chi connectivity index (χ1v) is 10.8. The zero-order chi connectivity index (χ0) is 19.6. The van der Waals surface area contributed by atoms with E-state index in [1.807, 2.05) is 35.0 Å². The zero-order valence-corrected chi connectivity index (χ0v) is 16.6. The van der Waals surface area contributed by atoms with Crippen molar-refractivity contribution in [3.63, 3.8) is 0 Å². The summed E-state index contributed by atoms with van der Waals surface area (Å²) < 4.78 is 14.0. The van der Waals surface area contributed by atoms with Gasteiger partial charge >= 0.3 is 0 Å². The van der Waals surface area contributed by atoms with Crippen LogP contribution in [0, 0.1) is 5.92 Å². The van der Waals surface area contributed by atoms with Crippen LogP contribution in [-0.4, -0.2) is 52.4 Å². The van der Waals surface area contributed by atoms with E-state index >= 15 is 0 Å². The Labute approximate surface area is 170 Å². The van der Waals surface area contributed by atoms with Gasteiger partial charge in [-0.1, -0.05) is 55.5 Å². The van der Waals surface area contributed by atoms with E-state index in [0.717, 1.165) is 18.0 Å². The van der Waals surface area contributed by atoms with Crippen molar-refractivity contribution < 1.29 is 14.3 Å². The SMILES string of the molecule is O=C(NC1COC2C1OCC2n1cc(CC2CCCCC2)nn1)c1ccccc1. The maximum Gasteiger partial charge on any atom is 0.251 e. The predicted octanol–water partition coefficient (Wildman–Crippen LogP) is 2.54. The molecule has 4 atom stereocenters. The van der Waals surface area contributed by atoms with E-state index < -0.39 is 0 Å². The molecule has 2 aromatic rings. The lowest BCUT2D eigenvalue weighted by molar-refractivity contribution is 0.0613. The van der Waals surface area contributed by atoms with E-state index in [9.17, 15) is 4.79 Å². The van der Waals surface area contributed by atoms with Crippen molar-refractivity contribution in [3.05, 3.63) is 47.8 Å². The van der Waals surface area contributed by atoms with Gasteiger partial charge in [-0.2, -0.15) is 0 Å². The molecule has 5 rings (SSSR count). The minimum Gasteiger partial charge on any atom is -0.371 e. The molecule has 3 aliphatic rings. The van der Waals surface area contributed by atoms with Gasteiger partial charge in [-0.15, -0.1) is 5.10 Å². The van der Waals surface area contributed by atoms with Gasteiger partial charge in [0.25, 0.3) is 5.91 Å². The molecule has 1 aromatic carbocycles. The minimum atomic E-state index is -0.154. The van der Waals surface area contributed by atoms with Crippen LogP contribution in [0.5, 0.6) is 0 Å². The van der Waals surface area contributed by atoms with E-state index in [0.29, 0.717) is 18.8 Å². The number of benzene rings is 1. The first kappa shape index (κ1) is 18.8. The normalized spacial score (nSPS) is 29.7. The third-order valence-corrected chi connectivity index (χ3v) is 6.50. The number of rotatable bonds is 5. The van der Waals surface area contributed by atoms with Gasteiger partial charge in [-0.3, -0.25) is 4.79 Å². The number of aromatic nitrogens is 3. The fourth-order valence-electron chi connectivity index (χ4n) is 4.93. The Hall–Kier alpha value is -2.25. The third-order valence-electron chi connectivity index (χ3n) is 6.50. The lowest BCUT2D eigenvalue weighted by atomic mass is 9.86. The van der Waals surface area contributed by atoms with Crippen molar-refractivity contribution in [2.75, 3.05) is 13.2 Å². The number of hydrogen-bond acceptors (Lipinski definition) is 5. The van der Waals surface area contributed by atoms with Crippen LogP contribution in [0.25, 0.3) is 0 Å². The molecule has 7 heteroatoms. The van der Waals surface area contributed by atoms with Gasteiger partial charge in [-0.25, -0.2) is 4.68 Å². The van der Waals surface area contributed by atoms with Crippen molar-refractivity contribution in [1.82, 2.24) is 20.3 Å². The molecule has 1 saturated carbocycles. The number of hydrogen-bond donors (Lipinski definition) is 1. The number of carbonyl (C=O) groups is 1. The lowest BCUT2D eigenvalue weighted by Crippen LogP contribution is -2.44. The summed E-state index contributed by atoms with van der Waals surface area (Å²) in [4.78, 5) is 12.5. The van der Waals surface area contributed by atoms with Crippen LogP contribution >= 0.6 is 0 Å². The Bertz CT molecular complexity index is 834. The molecule has 2 saturated heterocycles. The summed E-state index contributed by atoms with van der Waals surface area (Å²) in [6, 6.07) is 9.10. The fraction of sp³-hybridized carbons (Fsp3) is 0.591. The molecule has 0 bridgehead atoms. The fourth-order valence-corrected chi connectivity index (χ4v) is 4.93. The highest BCUT2D eigenvalue weighted by atomic mass is 16.6. The molecule has 3 heterocycles. The number of ether oxygens (including phenoxy) is 2. The molecule has 154 valence electrons. The second kappa shape index (κ2) is 8.24. The molecule has 1 amide bonds. The number of nitrogens with zero attached hydrogens (tertiary/aromatic N) is 3. The molecule has 1 N–H and O–H groups in total. The van der Waals surface area contributed by atoms with Crippen LogP contribution in [0.15, 0.2) is 36.5 Å². The van der Waals surface area contributed by atoms with Gasteiger partial charge in [0.2, 0.25) is 0 Å². The number of carbonyl (C=O) groups excluding carboxylic acids is 1. The Morgan fingerprint density at radius 1 is 1.07 bits per heavy atom. The molecule has 29 heavy (non-hydrogen) atoms. The summed E-state index contributed by atoms with van der Waals surface area (Å²) in [5, 5.41) is 11.8. The standard InChI is InChI=1S/C22H28N4O3/c27-22(16-9-5-2-6-10-16)23-18-13-28-21-19(14-29-20(18)21)26-12-17(24-25-26)11-15-7-3-1-4-8-15/h2,5-6,9-10,12,15,18-21H,1,3-4,7-8,11,13-14H2,(H,23,27). The molecule has 7 nitrogen and oxygen atoms in total. The molecule has 4 unspecified atom stereocenters. The second-order valence-corrected chi connectivity index (χ2v) is 8.51. The minimum absolute atomic E-state index is 0.00577. The number of fused-ring (bicyclic) bond motifs is 1. The maximum atomic E-state index is 12.5. The molecular weight excluding hydrogens is 368 g/mol. The smallest absolute Gasteiger partial charge is 0.251 e. The number of nitrogens with one attached hydrogen (secondary N) is 1. The van der Waals surface area contributed by atoms with Crippen LogP contribution in [0.3, 0.4) is 0 Å². The molecule has 2 aliphatic heterocycles. The molecule has 0 spiro atoms. The summed E-state index contributed by atoms with van der Waals surface area (Å²) >= 11 is 0. The van der Waals surface area contributed by atoms with Crippen LogP contribution < -0.4 is 5.32 Å². The highest BCUT2D eigenvalue weighted by Crippen LogP contribution is 2.34. The first-order chi connectivity index (χ1) is 14.3. The van der Waals surface area contributed by atoms with E-state index in [-0.39, 0.29) is 30.2 Å². The van der Waals surface area contributed by atoms with E-state index in [1.54, 1.807) is 0 Å². The topological polar surface area (TPSA) is 78.3 Å². The van der Waals surface area contributed by atoms with Crippen LogP contribution in [0.1, 0.15) is 54.2 Å². The second-order valence-electron chi connectivity index (χ2n) is 8.51. The number of amides is 1. The van der Waals surface area contributed by atoms with Crippen molar-refractivity contribution >= 4 is 5.91 Å². The van der Waals surface area contributed by atoms with E-state index in [2.05, 4.69) is 21.8 Å². The molecule has 3 fully saturated rings. The monoisotopic (exact) mass is 396 g/mol. The van der Waals surface area contributed by atoms with Crippen LogP contribution in [0.2, 0.25) is 0 Å². The summed E-state index contributed by atoms with van der Waals surface area (Å²) in [5.74, 6) is 0.643. The first-order valence-electron chi connectivity index (χ1n) is 10.8. The van der Waals surface area contributed by atoms with Gasteiger partial charge in [0.15, 0.2) is 0 Å². The summed E-state index contributed by atoms with van der Waals surface area (Å²) in [6.45, 7) is 0.979. The maximum absolute atomic E-state index is 12.5. The van der Waals surface area contributed by atoms with Gasteiger partial charge in [0.05, 0.1) is 24.9 Å². The average molecular weight is 396 g/mol. The summed E-state index contributed by atoms with van der Waals surface area (Å²) in [7, 11) is 0. The predicted molar refractivity (Wildman–Crippen MR) is 107 cm³/mol. The zero-order valence-electron chi connectivity index (χ0n) is 16.6. The average Bonchev–Trinajstić information content (AvgIpc) is 3.47. The van der Waals surface area contributed by atoms with Crippen molar-refractivity contribution in [1.29, 1.82) is 0 Å². The Morgan fingerprint density at radius 3 is 2.69 bits per heavy atom. The van der Waals surface area contributed by atoms with E-state index in [4.69, 9.17) is 9.47 Å². The Balaban J connectivity index is 1.21. The highest BCUT2D eigenvalue weighted by molar-refractivity contribution is 5.94. The van der Waals surface area contributed by atoms with E-state index in [1.165, 1.54) is 32.1 Å². The summed E-state index contributed by atoms with van der Waals surface area (Å²) in [5.41, 5.74) is 1.71. The molecular formula is C22H28N4O3. The Morgan fingerprint density at radius 2 is 1.86 bits per heavy atom. The van der Waals surface area contributed by atoms with Gasteiger partial charge in [0, 0.05) is 11.8 Å². The molecule has 0 radical (unpaired) electrons. The lowest BCUT2D eigenvalue weighted by Gasteiger charge is -2.20. The van der Waals surface area contributed by atoms with Crippen molar-refractivity contribution in [3.8, 4) is 0 Å². The Kier molecular flexibility index (Phi) is 5.33. The quantitative estimate of drug-likeness (QED) is 0.840.